The molecule has 0 atom stereocenters. The van der Waals surface area contributed by atoms with Gasteiger partial charge in [0.2, 0.25) is 0 Å². The Bertz CT molecular complexity index is 594. The minimum absolute atomic E-state index is 1.19. The van der Waals surface area contributed by atoms with Crippen LogP contribution >= 0.6 is 0 Å². The summed E-state index contributed by atoms with van der Waals surface area (Å²) in [4.78, 5) is 0. The molecule has 0 aliphatic carbocycles. The standard InChI is InChI=1S/C16H13N/c1-2-7-14(8-3-1)15-9-6-10-16(13-15)17-11-4-5-12-17/h1-13H. The van der Waals surface area contributed by atoms with E-state index < -0.39 is 0 Å². The van der Waals surface area contributed by atoms with Gasteiger partial charge in [0.25, 0.3) is 0 Å². The van der Waals surface area contributed by atoms with Crippen LogP contribution in [0, 0.1) is 0 Å². The van der Waals surface area contributed by atoms with Crippen LogP contribution in [0.5, 0.6) is 0 Å². The number of hydrogen-bond acceptors (Lipinski definition) is 0. The Kier molecular flexibility index (Phi) is 2.51. The molecule has 0 radical (unpaired) electrons. The van der Waals surface area contributed by atoms with E-state index >= 15 is 0 Å². The second-order valence-corrected chi connectivity index (χ2v) is 4.01. The average molecular weight is 219 g/mol. The molecule has 3 aromatic rings. The second kappa shape index (κ2) is 4.30. The van der Waals surface area contributed by atoms with E-state index in [-0.39, 0.29) is 0 Å². The smallest absolute Gasteiger partial charge is 0.0455 e. The first kappa shape index (κ1) is 9.91. The van der Waals surface area contributed by atoms with E-state index in [1.807, 2.05) is 18.2 Å². The lowest BCUT2D eigenvalue weighted by Crippen LogP contribution is -1.89. The SMILES string of the molecule is c1ccc(-c2cccc(-n3cccc3)c2)cc1. The van der Waals surface area contributed by atoms with E-state index in [0.717, 1.165) is 0 Å². The lowest BCUT2D eigenvalue weighted by Gasteiger charge is -2.06. The van der Waals surface area contributed by atoms with Crippen molar-refractivity contribution in [1.29, 1.82) is 0 Å². The molecule has 0 amide bonds. The van der Waals surface area contributed by atoms with Crippen LogP contribution in [0.1, 0.15) is 0 Å². The fraction of sp³-hybridized carbons (Fsp3) is 0. The maximum absolute atomic E-state index is 2.20. The Balaban J connectivity index is 2.06. The molecule has 1 heterocycles. The van der Waals surface area contributed by atoms with Crippen molar-refractivity contribution in [3.63, 3.8) is 0 Å². The van der Waals surface area contributed by atoms with Gasteiger partial charge < -0.3 is 4.57 Å². The molecule has 0 fully saturated rings. The van der Waals surface area contributed by atoms with Crippen LogP contribution in [0.3, 0.4) is 0 Å². The zero-order valence-corrected chi connectivity index (χ0v) is 9.45. The van der Waals surface area contributed by atoms with Gasteiger partial charge in [-0.25, -0.2) is 0 Å². The van der Waals surface area contributed by atoms with Crippen LogP contribution in [0.15, 0.2) is 79.1 Å². The molecule has 0 saturated heterocycles. The normalized spacial score (nSPS) is 10.4. The van der Waals surface area contributed by atoms with Gasteiger partial charge in [-0.2, -0.15) is 0 Å². The Morgan fingerprint density at radius 1 is 0.588 bits per heavy atom. The molecule has 82 valence electrons. The van der Waals surface area contributed by atoms with Gasteiger partial charge in [-0.3, -0.25) is 0 Å². The molecule has 1 heteroatoms. The zero-order valence-electron chi connectivity index (χ0n) is 9.45. The van der Waals surface area contributed by atoms with Gasteiger partial charge in [0.1, 0.15) is 0 Å². The summed E-state index contributed by atoms with van der Waals surface area (Å²) in [6, 6.07) is 23.1. The molecule has 0 aliphatic rings. The molecule has 1 aromatic heterocycles. The van der Waals surface area contributed by atoms with E-state index in [9.17, 15) is 0 Å². The summed E-state index contributed by atoms with van der Waals surface area (Å²) in [6.45, 7) is 0. The summed E-state index contributed by atoms with van der Waals surface area (Å²) in [5.74, 6) is 0. The molecule has 2 aromatic carbocycles. The second-order valence-electron chi connectivity index (χ2n) is 4.01. The van der Waals surface area contributed by atoms with Gasteiger partial charge >= 0.3 is 0 Å². The van der Waals surface area contributed by atoms with Crippen molar-refractivity contribution in [3.8, 4) is 16.8 Å². The summed E-state index contributed by atoms with van der Waals surface area (Å²) in [6.07, 6.45) is 4.12. The van der Waals surface area contributed by atoms with Crippen LogP contribution < -0.4 is 0 Å². The van der Waals surface area contributed by atoms with Crippen LogP contribution in [0.25, 0.3) is 16.8 Å². The maximum atomic E-state index is 2.20. The summed E-state index contributed by atoms with van der Waals surface area (Å²) < 4.78 is 2.12. The number of rotatable bonds is 2. The largest absolute Gasteiger partial charge is 0.324 e. The molecule has 0 N–H and O–H groups in total. The van der Waals surface area contributed by atoms with Gasteiger partial charge in [-0.1, -0.05) is 42.5 Å². The van der Waals surface area contributed by atoms with Crippen LogP contribution in [-0.4, -0.2) is 4.57 Å². The first-order valence-electron chi connectivity index (χ1n) is 5.72. The van der Waals surface area contributed by atoms with Crippen LogP contribution in [-0.2, 0) is 0 Å². The lowest BCUT2D eigenvalue weighted by molar-refractivity contribution is 1.08. The molecular weight excluding hydrogens is 206 g/mol. The van der Waals surface area contributed by atoms with E-state index in [4.69, 9.17) is 0 Å². The number of nitrogens with zero attached hydrogens (tertiary/aromatic N) is 1. The van der Waals surface area contributed by atoms with Gasteiger partial charge in [0, 0.05) is 18.1 Å². The summed E-state index contributed by atoms with van der Waals surface area (Å²) >= 11 is 0. The Morgan fingerprint density at radius 3 is 2.06 bits per heavy atom. The fourth-order valence-electron chi connectivity index (χ4n) is 1.98. The molecule has 0 aliphatic heterocycles. The lowest BCUT2D eigenvalue weighted by atomic mass is 10.1. The summed E-state index contributed by atoms with van der Waals surface area (Å²) in [5.41, 5.74) is 3.69. The quantitative estimate of drug-likeness (QED) is 0.610. The molecule has 1 nitrogen and oxygen atoms in total. The van der Waals surface area contributed by atoms with Crippen molar-refractivity contribution in [2.45, 2.75) is 0 Å². The molecule has 0 bridgehead atoms. The maximum Gasteiger partial charge on any atom is 0.0455 e. The molecule has 0 spiro atoms. The van der Waals surface area contributed by atoms with Crippen LogP contribution in [0.2, 0.25) is 0 Å². The van der Waals surface area contributed by atoms with Gasteiger partial charge in [0.15, 0.2) is 0 Å². The van der Waals surface area contributed by atoms with Crippen molar-refractivity contribution in [1.82, 2.24) is 4.57 Å². The Labute approximate surface area is 101 Å². The first-order chi connectivity index (χ1) is 8.43. The van der Waals surface area contributed by atoms with Gasteiger partial charge in [-0.05, 0) is 35.4 Å². The molecular formula is C16H13N. The first-order valence-corrected chi connectivity index (χ1v) is 5.72. The Morgan fingerprint density at radius 2 is 1.29 bits per heavy atom. The van der Waals surface area contributed by atoms with Crippen molar-refractivity contribution in [3.05, 3.63) is 79.1 Å². The predicted molar refractivity (Wildman–Crippen MR) is 71.2 cm³/mol. The highest BCUT2D eigenvalue weighted by molar-refractivity contribution is 5.65. The minimum atomic E-state index is 1.19. The van der Waals surface area contributed by atoms with E-state index in [1.165, 1.54) is 16.8 Å². The predicted octanol–water partition coefficient (Wildman–Crippen LogP) is 4.14. The van der Waals surface area contributed by atoms with Gasteiger partial charge in [-0.15, -0.1) is 0 Å². The van der Waals surface area contributed by atoms with Crippen molar-refractivity contribution < 1.29 is 0 Å². The molecule has 17 heavy (non-hydrogen) atoms. The summed E-state index contributed by atoms with van der Waals surface area (Å²) in [5, 5.41) is 0. The molecule has 0 saturated carbocycles. The van der Waals surface area contributed by atoms with E-state index in [0.29, 0.717) is 0 Å². The number of aromatic nitrogens is 1. The van der Waals surface area contributed by atoms with Crippen LogP contribution in [0.4, 0.5) is 0 Å². The van der Waals surface area contributed by atoms with Crippen molar-refractivity contribution in [2.75, 3.05) is 0 Å². The fourth-order valence-corrected chi connectivity index (χ4v) is 1.98. The molecule has 3 rings (SSSR count). The highest BCUT2D eigenvalue weighted by atomic mass is 14.9. The highest BCUT2D eigenvalue weighted by Crippen LogP contribution is 2.21. The highest BCUT2D eigenvalue weighted by Gasteiger charge is 1.99. The minimum Gasteiger partial charge on any atom is -0.324 e. The summed E-state index contributed by atoms with van der Waals surface area (Å²) in [7, 11) is 0. The van der Waals surface area contributed by atoms with Crippen molar-refractivity contribution in [2.24, 2.45) is 0 Å². The monoisotopic (exact) mass is 219 g/mol. The topological polar surface area (TPSA) is 4.93 Å². The third kappa shape index (κ3) is 2.00. The zero-order chi connectivity index (χ0) is 11.5. The number of hydrogen-bond donors (Lipinski definition) is 0. The van der Waals surface area contributed by atoms with Gasteiger partial charge in [0.05, 0.1) is 0 Å². The third-order valence-corrected chi connectivity index (χ3v) is 2.86. The molecule has 0 unspecified atom stereocenters. The van der Waals surface area contributed by atoms with Crippen molar-refractivity contribution >= 4 is 0 Å². The Hall–Kier alpha value is -2.28. The number of benzene rings is 2. The average Bonchev–Trinajstić information content (AvgIpc) is 2.94. The van der Waals surface area contributed by atoms with E-state index in [1.54, 1.807) is 0 Å². The van der Waals surface area contributed by atoms with E-state index in [2.05, 4.69) is 65.5 Å². The third-order valence-electron chi connectivity index (χ3n) is 2.86.